The van der Waals surface area contributed by atoms with Crippen molar-refractivity contribution in [2.75, 3.05) is 13.1 Å². The van der Waals surface area contributed by atoms with Crippen LogP contribution >= 0.6 is 15.9 Å². The van der Waals surface area contributed by atoms with Crippen LogP contribution < -0.4 is 10.6 Å². The molecule has 0 aromatic heterocycles. The molecule has 1 heterocycles. The molecule has 1 aromatic rings. The Morgan fingerprint density at radius 1 is 1.53 bits per heavy atom. The predicted molar refractivity (Wildman–Crippen MR) is 80.8 cm³/mol. The van der Waals surface area contributed by atoms with Gasteiger partial charge in [-0.05, 0) is 37.1 Å². The second-order valence-electron chi connectivity index (χ2n) is 5.27. The summed E-state index contributed by atoms with van der Waals surface area (Å²) in [5.41, 5.74) is 0.932. The molecule has 1 amide bonds. The minimum absolute atomic E-state index is 0.194. The van der Waals surface area contributed by atoms with Gasteiger partial charge in [0.05, 0.1) is 5.41 Å². The van der Waals surface area contributed by atoms with Crippen molar-refractivity contribution in [3.8, 4) is 0 Å². The van der Waals surface area contributed by atoms with Crippen LogP contribution in [0.15, 0.2) is 28.7 Å². The van der Waals surface area contributed by atoms with Gasteiger partial charge in [-0.2, -0.15) is 0 Å². The number of hydrogen-bond donors (Lipinski definition) is 2. The van der Waals surface area contributed by atoms with E-state index in [1.165, 1.54) is 0 Å². The van der Waals surface area contributed by atoms with E-state index < -0.39 is 0 Å². The summed E-state index contributed by atoms with van der Waals surface area (Å²) in [6, 6.07) is 8.05. The van der Waals surface area contributed by atoms with Crippen LogP contribution in [-0.2, 0) is 11.3 Å². The van der Waals surface area contributed by atoms with E-state index in [1.54, 1.807) is 0 Å². The molecule has 3 nitrogen and oxygen atoms in total. The van der Waals surface area contributed by atoms with Gasteiger partial charge in [0.2, 0.25) is 5.91 Å². The molecular weight excluding hydrogens is 304 g/mol. The third-order valence-corrected chi connectivity index (χ3v) is 4.29. The predicted octanol–water partition coefficient (Wildman–Crippen LogP) is 2.85. The van der Waals surface area contributed by atoms with Crippen LogP contribution in [-0.4, -0.2) is 19.0 Å². The molecule has 4 heteroatoms. The molecule has 1 aromatic carbocycles. The van der Waals surface area contributed by atoms with Crippen LogP contribution in [0.3, 0.4) is 0 Å². The van der Waals surface area contributed by atoms with Crippen LogP contribution in [0.2, 0.25) is 0 Å². The number of amides is 1. The van der Waals surface area contributed by atoms with Crippen LogP contribution in [0.25, 0.3) is 0 Å². The summed E-state index contributed by atoms with van der Waals surface area (Å²) in [7, 11) is 0. The van der Waals surface area contributed by atoms with Gasteiger partial charge in [-0.3, -0.25) is 4.79 Å². The highest BCUT2D eigenvalue weighted by Gasteiger charge is 2.39. The SMILES string of the molecule is CCCC1(C(=O)NCc2cccc(Br)c2)CCNC1. The first-order chi connectivity index (χ1) is 9.16. The van der Waals surface area contributed by atoms with Crippen molar-refractivity contribution in [1.29, 1.82) is 0 Å². The molecule has 0 saturated carbocycles. The number of halogens is 1. The monoisotopic (exact) mass is 324 g/mol. The van der Waals surface area contributed by atoms with Crippen molar-refractivity contribution in [2.24, 2.45) is 5.41 Å². The van der Waals surface area contributed by atoms with Crippen LogP contribution in [0.1, 0.15) is 31.7 Å². The van der Waals surface area contributed by atoms with E-state index in [-0.39, 0.29) is 11.3 Å². The van der Waals surface area contributed by atoms with E-state index >= 15 is 0 Å². The van der Waals surface area contributed by atoms with E-state index in [4.69, 9.17) is 0 Å². The molecule has 2 rings (SSSR count). The lowest BCUT2D eigenvalue weighted by Crippen LogP contribution is -2.42. The van der Waals surface area contributed by atoms with Gasteiger partial charge in [0, 0.05) is 17.6 Å². The lowest BCUT2D eigenvalue weighted by Gasteiger charge is -2.26. The minimum Gasteiger partial charge on any atom is -0.352 e. The molecule has 1 fully saturated rings. The summed E-state index contributed by atoms with van der Waals surface area (Å²) in [5.74, 6) is 0.194. The molecule has 1 aliphatic rings. The maximum atomic E-state index is 12.5. The number of carbonyl (C=O) groups excluding carboxylic acids is 1. The van der Waals surface area contributed by atoms with Crippen molar-refractivity contribution in [3.05, 3.63) is 34.3 Å². The molecule has 0 spiro atoms. The first-order valence-corrected chi connectivity index (χ1v) is 7.69. The Hall–Kier alpha value is -0.870. The van der Waals surface area contributed by atoms with Crippen molar-refractivity contribution >= 4 is 21.8 Å². The maximum absolute atomic E-state index is 12.5. The number of nitrogens with one attached hydrogen (secondary N) is 2. The van der Waals surface area contributed by atoms with E-state index in [9.17, 15) is 4.79 Å². The van der Waals surface area contributed by atoms with Crippen molar-refractivity contribution in [2.45, 2.75) is 32.7 Å². The van der Waals surface area contributed by atoms with Gasteiger partial charge in [-0.1, -0.05) is 41.4 Å². The Bertz CT molecular complexity index is 442. The lowest BCUT2D eigenvalue weighted by atomic mass is 9.81. The van der Waals surface area contributed by atoms with Crippen LogP contribution in [0.4, 0.5) is 0 Å². The molecular formula is C15H21BrN2O. The van der Waals surface area contributed by atoms with E-state index in [2.05, 4.69) is 33.5 Å². The standard InChI is InChI=1S/C15H21BrN2O/c1-2-6-15(7-8-17-11-15)14(19)18-10-12-4-3-5-13(16)9-12/h3-5,9,17H,2,6-8,10-11H2,1H3,(H,18,19). The first kappa shape index (κ1) is 14.5. The van der Waals surface area contributed by atoms with Crippen LogP contribution in [0.5, 0.6) is 0 Å². The summed E-state index contributed by atoms with van der Waals surface area (Å²) in [5, 5.41) is 6.41. The van der Waals surface area contributed by atoms with Crippen molar-refractivity contribution in [1.82, 2.24) is 10.6 Å². The van der Waals surface area contributed by atoms with Gasteiger partial charge in [-0.15, -0.1) is 0 Å². The lowest BCUT2D eigenvalue weighted by molar-refractivity contribution is -0.130. The molecule has 1 saturated heterocycles. The normalized spacial score (nSPS) is 22.4. The number of carbonyl (C=O) groups is 1. The molecule has 1 atom stereocenters. The molecule has 1 unspecified atom stereocenters. The fraction of sp³-hybridized carbons (Fsp3) is 0.533. The van der Waals surface area contributed by atoms with Crippen molar-refractivity contribution < 1.29 is 4.79 Å². The number of rotatable bonds is 5. The Morgan fingerprint density at radius 3 is 3.00 bits per heavy atom. The second-order valence-corrected chi connectivity index (χ2v) is 6.19. The van der Waals surface area contributed by atoms with Gasteiger partial charge in [0.25, 0.3) is 0 Å². The topological polar surface area (TPSA) is 41.1 Å². The van der Waals surface area contributed by atoms with E-state index in [0.29, 0.717) is 6.54 Å². The Morgan fingerprint density at radius 2 is 2.37 bits per heavy atom. The summed E-state index contributed by atoms with van der Waals surface area (Å²) in [6.07, 6.45) is 2.96. The fourth-order valence-corrected chi connectivity index (χ4v) is 3.21. The van der Waals surface area contributed by atoms with Gasteiger partial charge in [0.15, 0.2) is 0 Å². The Labute approximate surface area is 123 Å². The second kappa shape index (κ2) is 6.53. The Balaban J connectivity index is 1.96. The summed E-state index contributed by atoms with van der Waals surface area (Å²) in [4.78, 5) is 12.5. The van der Waals surface area contributed by atoms with Crippen LogP contribution in [0, 0.1) is 5.41 Å². The molecule has 1 aliphatic heterocycles. The third-order valence-electron chi connectivity index (χ3n) is 3.80. The summed E-state index contributed by atoms with van der Waals surface area (Å²) < 4.78 is 1.05. The van der Waals surface area contributed by atoms with Gasteiger partial charge >= 0.3 is 0 Å². The van der Waals surface area contributed by atoms with Gasteiger partial charge < -0.3 is 10.6 Å². The quantitative estimate of drug-likeness (QED) is 0.874. The molecule has 0 bridgehead atoms. The summed E-state index contributed by atoms with van der Waals surface area (Å²) >= 11 is 3.45. The molecule has 19 heavy (non-hydrogen) atoms. The molecule has 0 aliphatic carbocycles. The average Bonchev–Trinajstić information content (AvgIpc) is 2.86. The van der Waals surface area contributed by atoms with Gasteiger partial charge in [-0.25, -0.2) is 0 Å². The zero-order chi connectivity index (χ0) is 13.7. The zero-order valence-electron chi connectivity index (χ0n) is 11.3. The molecule has 2 N–H and O–H groups in total. The highest BCUT2D eigenvalue weighted by Crippen LogP contribution is 2.31. The van der Waals surface area contributed by atoms with E-state index in [1.807, 2.05) is 24.3 Å². The number of hydrogen-bond acceptors (Lipinski definition) is 2. The van der Waals surface area contributed by atoms with Crippen molar-refractivity contribution in [3.63, 3.8) is 0 Å². The maximum Gasteiger partial charge on any atom is 0.227 e. The average molecular weight is 325 g/mol. The molecule has 0 radical (unpaired) electrons. The highest BCUT2D eigenvalue weighted by atomic mass is 79.9. The highest BCUT2D eigenvalue weighted by molar-refractivity contribution is 9.10. The molecule has 104 valence electrons. The third kappa shape index (κ3) is 3.57. The summed E-state index contributed by atoms with van der Waals surface area (Å²) in [6.45, 7) is 4.50. The Kier molecular flexibility index (Phi) is 4.99. The van der Waals surface area contributed by atoms with E-state index in [0.717, 1.165) is 42.4 Å². The first-order valence-electron chi connectivity index (χ1n) is 6.90. The minimum atomic E-state index is -0.194. The smallest absolute Gasteiger partial charge is 0.227 e. The zero-order valence-corrected chi connectivity index (χ0v) is 12.9. The fourth-order valence-electron chi connectivity index (χ4n) is 2.76. The largest absolute Gasteiger partial charge is 0.352 e. The van der Waals surface area contributed by atoms with Gasteiger partial charge in [0.1, 0.15) is 0 Å². The number of benzene rings is 1.